The van der Waals surface area contributed by atoms with Gasteiger partial charge in [0.05, 0.1) is 4.90 Å². The largest absolute Gasteiger partial charge is 0.444 e. The van der Waals surface area contributed by atoms with Crippen molar-refractivity contribution in [2.24, 2.45) is 17.1 Å². The van der Waals surface area contributed by atoms with Crippen LogP contribution in [0.25, 0.3) is 0 Å². The van der Waals surface area contributed by atoms with Gasteiger partial charge in [-0.15, -0.1) is 0 Å². The molecule has 0 spiro atoms. The van der Waals surface area contributed by atoms with Crippen molar-refractivity contribution in [2.75, 3.05) is 13.1 Å². The number of nitrogens with one attached hydrogen (secondary N) is 3. The molecular weight excluding hydrogens is 452 g/mol. The van der Waals surface area contributed by atoms with Crippen molar-refractivity contribution in [3.63, 3.8) is 0 Å². The SMILES string of the molecule is CC(C)(C)[C@@H](CNS(=O)(=O)c1ccccc1)NCl.CC(C)[C@@H](CN)NC(=O)OC(C)(C)C. The molecule has 32 heavy (non-hydrogen) atoms. The highest BCUT2D eigenvalue weighted by Crippen LogP contribution is 2.19. The van der Waals surface area contributed by atoms with Crippen molar-refractivity contribution in [3.8, 4) is 0 Å². The highest BCUT2D eigenvalue weighted by molar-refractivity contribution is 7.89. The molecule has 8 nitrogen and oxygen atoms in total. The van der Waals surface area contributed by atoms with Crippen molar-refractivity contribution in [1.29, 1.82) is 0 Å². The molecule has 5 N–H and O–H groups in total. The number of hydrogen-bond acceptors (Lipinski definition) is 6. The molecule has 2 atom stereocenters. The van der Waals surface area contributed by atoms with Crippen LogP contribution in [-0.4, -0.2) is 45.3 Å². The number of alkyl carbamates (subject to hydrolysis) is 1. The van der Waals surface area contributed by atoms with Crippen LogP contribution < -0.4 is 20.6 Å². The number of halogens is 1. The zero-order chi connectivity index (χ0) is 25.2. The van der Waals surface area contributed by atoms with E-state index in [0.29, 0.717) is 12.5 Å². The Morgan fingerprint density at radius 3 is 2.00 bits per heavy atom. The predicted molar refractivity (Wildman–Crippen MR) is 131 cm³/mol. The summed E-state index contributed by atoms with van der Waals surface area (Å²) < 4.78 is 31.7. The topological polar surface area (TPSA) is 123 Å². The van der Waals surface area contributed by atoms with Gasteiger partial charge in [-0.3, -0.25) is 0 Å². The van der Waals surface area contributed by atoms with Crippen LogP contribution in [0.5, 0.6) is 0 Å². The van der Waals surface area contributed by atoms with Crippen LogP contribution in [0.1, 0.15) is 55.4 Å². The summed E-state index contributed by atoms with van der Waals surface area (Å²) >= 11 is 5.64. The first-order valence-corrected chi connectivity index (χ1v) is 12.5. The van der Waals surface area contributed by atoms with E-state index >= 15 is 0 Å². The van der Waals surface area contributed by atoms with Crippen molar-refractivity contribution in [1.82, 2.24) is 14.9 Å². The maximum Gasteiger partial charge on any atom is 0.407 e. The monoisotopic (exact) mass is 492 g/mol. The molecule has 186 valence electrons. The molecular formula is C22H41ClN4O4S. The fraction of sp³-hybridized carbons (Fsp3) is 0.682. The fourth-order valence-corrected chi connectivity index (χ4v) is 3.81. The van der Waals surface area contributed by atoms with Crippen molar-refractivity contribution >= 4 is 27.9 Å². The lowest BCUT2D eigenvalue weighted by Gasteiger charge is -2.29. The highest BCUT2D eigenvalue weighted by Gasteiger charge is 2.26. The Morgan fingerprint density at radius 1 is 1.09 bits per heavy atom. The van der Waals surface area contributed by atoms with Crippen LogP contribution in [0.15, 0.2) is 35.2 Å². The molecule has 10 heteroatoms. The Labute approximate surface area is 199 Å². The summed E-state index contributed by atoms with van der Waals surface area (Å²) in [6.07, 6.45) is -0.401. The van der Waals surface area contributed by atoms with Crippen LogP contribution in [0, 0.1) is 11.3 Å². The predicted octanol–water partition coefficient (Wildman–Crippen LogP) is 3.62. The molecule has 1 rings (SSSR count). The lowest BCUT2D eigenvalue weighted by Crippen LogP contribution is -2.45. The molecule has 1 aromatic rings. The van der Waals surface area contributed by atoms with E-state index in [0.717, 1.165) is 0 Å². The molecule has 1 aromatic carbocycles. The van der Waals surface area contributed by atoms with Gasteiger partial charge in [0.15, 0.2) is 0 Å². The quantitative estimate of drug-likeness (QED) is 0.411. The molecule has 1 amide bonds. The standard InChI is InChI=1S/C12H19ClN2O2S.C10H22N2O2/c1-12(2,3)11(15-13)9-14-18(16,17)10-7-5-4-6-8-10;1-7(2)8(6-11)12-9(13)14-10(3,4)5/h4-8,11,14-15H,9H2,1-3H3;7-8H,6,11H2,1-5H3,(H,12,13)/t11-;8-/m11/s1. The lowest BCUT2D eigenvalue weighted by molar-refractivity contribution is 0.0493. The summed E-state index contributed by atoms with van der Waals surface area (Å²) in [5, 5.41) is 2.74. The second kappa shape index (κ2) is 13.3. The maximum absolute atomic E-state index is 12.0. The molecule has 0 heterocycles. The van der Waals surface area contributed by atoms with Gasteiger partial charge in [0.25, 0.3) is 0 Å². The Kier molecular flexibility index (Phi) is 12.8. The first-order chi connectivity index (χ1) is 14.5. The minimum atomic E-state index is -3.47. The molecule has 0 bridgehead atoms. The average Bonchev–Trinajstić information content (AvgIpc) is 2.65. The van der Waals surface area contributed by atoms with Gasteiger partial charge in [-0.1, -0.05) is 52.8 Å². The van der Waals surface area contributed by atoms with Gasteiger partial charge in [0.2, 0.25) is 10.0 Å². The zero-order valence-corrected chi connectivity index (χ0v) is 22.1. The number of sulfonamides is 1. The molecule has 0 unspecified atom stereocenters. The number of hydrogen-bond donors (Lipinski definition) is 4. The third-order valence-electron chi connectivity index (χ3n) is 4.47. The summed E-state index contributed by atoms with van der Waals surface area (Å²) in [5.41, 5.74) is 4.92. The normalized spacial score (nSPS) is 14.2. The molecule has 0 radical (unpaired) electrons. The van der Waals surface area contributed by atoms with E-state index in [2.05, 4.69) is 14.9 Å². The van der Waals surface area contributed by atoms with Gasteiger partial charge in [-0.2, -0.15) is 0 Å². The Hall–Kier alpha value is -1.39. The van der Waals surface area contributed by atoms with E-state index in [-0.39, 0.29) is 28.9 Å². The first-order valence-electron chi connectivity index (χ1n) is 10.6. The molecule has 0 saturated heterocycles. The minimum absolute atomic E-state index is 0.0233. The molecule has 0 aliphatic heterocycles. The maximum atomic E-state index is 12.0. The van der Waals surface area contributed by atoms with E-state index in [9.17, 15) is 13.2 Å². The van der Waals surface area contributed by atoms with Crippen LogP contribution >= 0.6 is 11.8 Å². The zero-order valence-electron chi connectivity index (χ0n) is 20.5. The number of benzene rings is 1. The number of rotatable bonds is 8. The van der Waals surface area contributed by atoms with Gasteiger partial charge < -0.3 is 15.8 Å². The van der Waals surface area contributed by atoms with Crippen LogP contribution in [0.3, 0.4) is 0 Å². The summed E-state index contributed by atoms with van der Waals surface area (Å²) in [7, 11) is -3.47. The van der Waals surface area contributed by atoms with Gasteiger partial charge in [-0.25, -0.2) is 22.8 Å². The summed E-state index contributed by atoms with van der Waals surface area (Å²) in [6, 6.07) is 8.09. The van der Waals surface area contributed by atoms with Crippen molar-refractivity contribution in [2.45, 2.75) is 78.0 Å². The van der Waals surface area contributed by atoms with E-state index in [1.165, 1.54) is 0 Å². The van der Waals surface area contributed by atoms with Crippen molar-refractivity contribution < 1.29 is 17.9 Å². The van der Waals surface area contributed by atoms with Crippen LogP contribution in [0.4, 0.5) is 4.79 Å². The van der Waals surface area contributed by atoms with E-state index < -0.39 is 21.7 Å². The lowest BCUT2D eigenvalue weighted by atomic mass is 9.88. The fourth-order valence-electron chi connectivity index (χ4n) is 2.34. The third-order valence-corrected chi connectivity index (χ3v) is 6.17. The number of carbonyl (C=O) groups is 1. The van der Waals surface area contributed by atoms with Crippen LogP contribution in [0.2, 0.25) is 0 Å². The highest BCUT2D eigenvalue weighted by atomic mass is 35.5. The third kappa shape index (κ3) is 12.6. The number of nitrogens with two attached hydrogens (primary N) is 1. The molecule has 0 aliphatic rings. The summed E-state index contributed by atoms with van der Waals surface area (Å²) in [5.74, 6) is 0.313. The number of carbonyl (C=O) groups excluding carboxylic acids is 1. The minimum Gasteiger partial charge on any atom is -0.444 e. The second-order valence-corrected chi connectivity index (χ2v) is 11.9. The summed E-state index contributed by atoms with van der Waals surface area (Å²) in [4.78, 5) is 14.2. The second-order valence-electron chi connectivity index (χ2n) is 9.93. The van der Waals surface area contributed by atoms with E-state index in [1.54, 1.807) is 30.3 Å². The van der Waals surface area contributed by atoms with E-state index in [1.807, 2.05) is 55.4 Å². The molecule has 0 fully saturated rings. The van der Waals surface area contributed by atoms with Gasteiger partial charge in [-0.05, 0) is 56.0 Å². The first kappa shape index (κ1) is 30.6. The Morgan fingerprint density at radius 2 is 1.62 bits per heavy atom. The smallest absolute Gasteiger partial charge is 0.407 e. The van der Waals surface area contributed by atoms with Crippen molar-refractivity contribution in [3.05, 3.63) is 30.3 Å². The van der Waals surface area contributed by atoms with Crippen LogP contribution in [-0.2, 0) is 14.8 Å². The number of ether oxygens (including phenoxy) is 1. The Bertz CT molecular complexity index is 775. The molecule has 0 aliphatic carbocycles. The molecule has 0 aromatic heterocycles. The summed E-state index contributed by atoms with van der Waals surface area (Å²) in [6.45, 7) is 16.2. The van der Waals surface area contributed by atoms with Gasteiger partial charge in [0.1, 0.15) is 5.60 Å². The van der Waals surface area contributed by atoms with Gasteiger partial charge in [0, 0.05) is 25.2 Å². The average molecular weight is 493 g/mol. The molecule has 0 saturated carbocycles. The number of amides is 1. The van der Waals surface area contributed by atoms with Gasteiger partial charge >= 0.3 is 6.09 Å². The van der Waals surface area contributed by atoms with E-state index in [4.69, 9.17) is 22.2 Å². The Balaban J connectivity index is 0.000000622.